The molecule has 47 heavy (non-hydrogen) atoms. The zero-order valence-corrected chi connectivity index (χ0v) is 27.6. The number of aryl methyl sites for hydroxylation is 1. The van der Waals surface area contributed by atoms with Crippen molar-refractivity contribution in [3.8, 4) is 0 Å². The van der Waals surface area contributed by atoms with Gasteiger partial charge in [0.25, 0.3) is 10.0 Å². The number of nitrogens with one attached hydrogen (secondary N) is 1. The van der Waals surface area contributed by atoms with E-state index in [4.69, 9.17) is 11.6 Å². The minimum atomic E-state index is -4.77. The molecule has 4 rings (SSSR count). The first-order valence-corrected chi connectivity index (χ1v) is 16.6. The molecule has 0 aliphatic heterocycles. The molecule has 0 spiro atoms. The molecule has 4 aromatic rings. The Kier molecular flexibility index (Phi) is 11.4. The first-order valence-electron chi connectivity index (χ1n) is 14.8. The van der Waals surface area contributed by atoms with E-state index in [1.54, 1.807) is 81.4 Å². The van der Waals surface area contributed by atoms with E-state index in [1.807, 2.05) is 6.07 Å². The molecule has 0 saturated carbocycles. The number of hydrogen-bond acceptors (Lipinski definition) is 4. The lowest BCUT2D eigenvalue weighted by atomic mass is 10.0. The van der Waals surface area contributed by atoms with Crippen molar-refractivity contribution in [1.82, 2.24) is 10.2 Å². The van der Waals surface area contributed by atoms with Gasteiger partial charge in [-0.1, -0.05) is 83.9 Å². The monoisotopic (exact) mass is 685 g/mol. The summed E-state index contributed by atoms with van der Waals surface area (Å²) in [6.07, 6.45) is -4.70. The van der Waals surface area contributed by atoms with E-state index in [1.165, 1.54) is 23.1 Å². The number of benzene rings is 4. The molecule has 1 N–H and O–H groups in total. The SMILES string of the molecule is Cc1ccc(S(=O)(=O)N(CC(=O)N(Cc2ccccc2Cl)[C@H](Cc2ccccc2)C(=O)NC(C)C)c2cccc(C(F)(F)F)c2)cc1. The number of nitrogens with zero attached hydrogens (tertiary/aromatic N) is 2. The fraction of sp³-hybridized carbons (Fsp3) is 0.257. The lowest BCUT2D eigenvalue weighted by molar-refractivity contribution is -0.140. The lowest BCUT2D eigenvalue weighted by Gasteiger charge is -2.34. The Bertz CT molecular complexity index is 1800. The molecular formula is C35H35ClF3N3O4S. The molecule has 1 atom stereocenters. The summed E-state index contributed by atoms with van der Waals surface area (Å²) in [4.78, 5) is 29.2. The number of alkyl halides is 3. The quantitative estimate of drug-likeness (QED) is 0.174. The van der Waals surface area contributed by atoms with Gasteiger partial charge in [0, 0.05) is 24.0 Å². The summed E-state index contributed by atoms with van der Waals surface area (Å²) in [6, 6.07) is 23.8. The van der Waals surface area contributed by atoms with Crippen LogP contribution in [0.25, 0.3) is 0 Å². The van der Waals surface area contributed by atoms with Crippen molar-refractivity contribution < 1.29 is 31.2 Å². The molecule has 7 nitrogen and oxygen atoms in total. The fourth-order valence-corrected chi connectivity index (χ4v) is 6.55. The Morgan fingerprint density at radius 2 is 1.51 bits per heavy atom. The second-order valence-corrected chi connectivity index (χ2v) is 13.6. The number of halogens is 4. The number of hydrogen-bond donors (Lipinski definition) is 1. The van der Waals surface area contributed by atoms with Crippen molar-refractivity contribution in [1.29, 1.82) is 0 Å². The molecule has 0 aliphatic rings. The van der Waals surface area contributed by atoms with E-state index in [9.17, 15) is 31.2 Å². The maximum atomic E-state index is 14.5. The average molecular weight is 686 g/mol. The van der Waals surface area contributed by atoms with Gasteiger partial charge < -0.3 is 10.2 Å². The first-order chi connectivity index (χ1) is 22.2. The Morgan fingerprint density at radius 1 is 0.872 bits per heavy atom. The number of amides is 2. The van der Waals surface area contributed by atoms with Gasteiger partial charge in [-0.05, 0) is 68.3 Å². The third-order valence-corrected chi connectivity index (χ3v) is 9.51. The predicted molar refractivity (Wildman–Crippen MR) is 176 cm³/mol. The molecular weight excluding hydrogens is 651 g/mol. The number of rotatable bonds is 12. The number of anilines is 1. The van der Waals surface area contributed by atoms with Gasteiger partial charge >= 0.3 is 6.18 Å². The molecule has 2 amide bonds. The highest BCUT2D eigenvalue weighted by molar-refractivity contribution is 7.92. The minimum Gasteiger partial charge on any atom is -0.352 e. The van der Waals surface area contributed by atoms with E-state index in [2.05, 4.69) is 5.32 Å². The van der Waals surface area contributed by atoms with Crippen molar-refractivity contribution in [2.45, 2.75) is 56.9 Å². The maximum absolute atomic E-state index is 14.5. The van der Waals surface area contributed by atoms with E-state index >= 15 is 0 Å². The Balaban J connectivity index is 1.86. The third-order valence-electron chi connectivity index (χ3n) is 7.35. The summed E-state index contributed by atoms with van der Waals surface area (Å²) in [6.45, 7) is 4.21. The summed E-state index contributed by atoms with van der Waals surface area (Å²) < 4.78 is 70.1. The summed E-state index contributed by atoms with van der Waals surface area (Å²) in [5, 5.41) is 3.16. The van der Waals surface area contributed by atoms with Gasteiger partial charge in [-0.3, -0.25) is 13.9 Å². The highest BCUT2D eigenvalue weighted by atomic mass is 35.5. The minimum absolute atomic E-state index is 0.0733. The highest BCUT2D eigenvalue weighted by Crippen LogP contribution is 2.33. The normalized spacial score (nSPS) is 12.4. The molecule has 12 heteroatoms. The number of sulfonamides is 1. The molecule has 248 valence electrons. The van der Waals surface area contributed by atoms with Crippen molar-refractivity contribution in [3.05, 3.63) is 130 Å². The standard InChI is InChI=1S/C35H35ClF3N3O4S/c1-24(2)40-34(44)32(20-26-10-5-4-6-11-26)41(22-27-12-7-8-15-31(27)36)33(43)23-42(29-14-9-13-28(21-29)35(37,38)39)47(45,46)30-18-16-25(3)17-19-30/h4-19,21,24,32H,20,22-23H2,1-3H3,(H,40,44)/t32-/m1/s1. The largest absolute Gasteiger partial charge is 0.416 e. The average Bonchev–Trinajstić information content (AvgIpc) is 3.02. The molecule has 4 aromatic carbocycles. The van der Waals surface area contributed by atoms with Gasteiger partial charge in [0.15, 0.2) is 0 Å². The van der Waals surface area contributed by atoms with Crippen LogP contribution in [0.1, 0.15) is 36.1 Å². The summed E-state index contributed by atoms with van der Waals surface area (Å²) >= 11 is 6.48. The van der Waals surface area contributed by atoms with Gasteiger partial charge in [-0.15, -0.1) is 0 Å². The van der Waals surface area contributed by atoms with Gasteiger partial charge in [0.2, 0.25) is 11.8 Å². The molecule has 0 radical (unpaired) electrons. The van der Waals surface area contributed by atoms with Crippen LogP contribution in [-0.2, 0) is 38.8 Å². The van der Waals surface area contributed by atoms with Crippen LogP contribution < -0.4 is 9.62 Å². The van der Waals surface area contributed by atoms with Crippen LogP contribution >= 0.6 is 11.6 Å². The maximum Gasteiger partial charge on any atom is 0.416 e. The van der Waals surface area contributed by atoms with E-state index in [0.29, 0.717) is 21.0 Å². The summed E-state index contributed by atoms with van der Waals surface area (Å²) in [5.74, 6) is -1.31. The third kappa shape index (κ3) is 9.14. The molecule has 0 aromatic heterocycles. The van der Waals surface area contributed by atoms with Crippen LogP contribution in [0.4, 0.5) is 18.9 Å². The molecule has 0 bridgehead atoms. The molecule has 0 fully saturated rings. The second kappa shape index (κ2) is 15.0. The van der Waals surface area contributed by atoms with Crippen LogP contribution in [0.15, 0.2) is 108 Å². The highest BCUT2D eigenvalue weighted by Gasteiger charge is 2.36. The van der Waals surface area contributed by atoms with Gasteiger partial charge in [0.05, 0.1) is 16.1 Å². The van der Waals surface area contributed by atoms with E-state index in [0.717, 1.165) is 23.3 Å². The summed E-state index contributed by atoms with van der Waals surface area (Å²) in [5.41, 5.74) is 0.534. The molecule has 0 heterocycles. The zero-order valence-electron chi connectivity index (χ0n) is 26.0. The predicted octanol–water partition coefficient (Wildman–Crippen LogP) is 7.03. The molecule has 0 aliphatic carbocycles. The zero-order chi connectivity index (χ0) is 34.4. The van der Waals surface area contributed by atoms with Crippen LogP contribution in [0.5, 0.6) is 0 Å². The summed E-state index contributed by atoms with van der Waals surface area (Å²) in [7, 11) is -4.57. The van der Waals surface area contributed by atoms with Gasteiger partial charge in [-0.25, -0.2) is 8.42 Å². The van der Waals surface area contributed by atoms with Crippen molar-refractivity contribution in [2.75, 3.05) is 10.8 Å². The Hall–Kier alpha value is -4.35. The van der Waals surface area contributed by atoms with Crippen molar-refractivity contribution >= 4 is 39.1 Å². The smallest absolute Gasteiger partial charge is 0.352 e. The molecule has 0 saturated heterocycles. The van der Waals surface area contributed by atoms with Gasteiger partial charge in [-0.2, -0.15) is 13.2 Å². The topological polar surface area (TPSA) is 86.8 Å². The van der Waals surface area contributed by atoms with E-state index < -0.39 is 46.2 Å². The van der Waals surface area contributed by atoms with Crippen LogP contribution in [0.3, 0.4) is 0 Å². The fourth-order valence-electron chi connectivity index (χ4n) is 4.95. The van der Waals surface area contributed by atoms with Crippen molar-refractivity contribution in [3.63, 3.8) is 0 Å². The first kappa shape index (κ1) is 35.5. The van der Waals surface area contributed by atoms with E-state index in [-0.39, 0.29) is 29.6 Å². The number of carbonyl (C=O) groups is 2. The van der Waals surface area contributed by atoms with Crippen molar-refractivity contribution in [2.24, 2.45) is 0 Å². The Labute approximate surface area is 278 Å². The van der Waals surface area contributed by atoms with Crippen LogP contribution in [-0.4, -0.2) is 43.8 Å². The number of carbonyl (C=O) groups excluding carboxylic acids is 2. The van der Waals surface area contributed by atoms with Crippen LogP contribution in [0.2, 0.25) is 5.02 Å². The molecule has 0 unspecified atom stereocenters. The second-order valence-electron chi connectivity index (χ2n) is 11.4. The Morgan fingerprint density at radius 3 is 2.13 bits per heavy atom. The van der Waals surface area contributed by atoms with Gasteiger partial charge in [0.1, 0.15) is 12.6 Å². The lowest BCUT2D eigenvalue weighted by Crippen LogP contribution is -2.54. The van der Waals surface area contributed by atoms with Crippen LogP contribution in [0, 0.1) is 6.92 Å².